The Kier molecular flexibility index (Phi) is 3.75. The van der Waals surface area contributed by atoms with Crippen LogP contribution in [0.4, 0.5) is 0 Å². The number of rotatable bonds is 2. The molecule has 1 aliphatic rings. The molecule has 0 spiro atoms. The second kappa shape index (κ2) is 5.29. The van der Waals surface area contributed by atoms with Crippen molar-refractivity contribution in [1.29, 1.82) is 0 Å². The molecule has 0 aromatic heterocycles. The van der Waals surface area contributed by atoms with Crippen molar-refractivity contribution in [3.05, 3.63) is 35.9 Å². The summed E-state index contributed by atoms with van der Waals surface area (Å²) in [6, 6.07) is 10.4. The molecule has 2 heteroatoms. The van der Waals surface area contributed by atoms with Crippen molar-refractivity contribution < 1.29 is 5.11 Å². The van der Waals surface area contributed by atoms with Gasteiger partial charge in [-0.15, -0.1) is 0 Å². The summed E-state index contributed by atoms with van der Waals surface area (Å²) in [5, 5.41) is 13.4. The number of aliphatic hydroxyl groups is 1. The molecule has 0 amide bonds. The van der Waals surface area contributed by atoms with Gasteiger partial charge < -0.3 is 10.4 Å². The van der Waals surface area contributed by atoms with E-state index in [0.717, 1.165) is 32.4 Å². The van der Waals surface area contributed by atoms with Gasteiger partial charge in [0.1, 0.15) is 0 Å². The molecule has 1 aliphatic heterocycles. The van der Waals surface area contributed by atoms with Crippen molar-refractivity contribution in [2.75, 3.05) is 13.1 Å². The molecule has 15 heavy (non-hydrogen) atoms. The summed E-state index contributed by atoms with van der Waals surface area (Å²) < 4.78 is 0. The minimum absolute atomic E-state index is 0.139. The molecule has 1 fully saturated rings. The maximum atomic E-state index is 9.97. The van der Waals surface area contributed by atoms with Gasteiger partial charge in [-0.25, -0.2) is 0 Å². The molecule has 0 unspecified atom stereocenters. The van der Waals surface area contributed by atoms with E-state index in [1.807, 2.05) is 6.07 Å². The lowest BCUT2D eigenvalue weighted by molar-refractivity contribution is 0.106. The van der Waals surface area contributed by atoms with Gasteiger partial charge in [0.2, 0.25) is 0 Å². The topological polar surface area (TPSA) is 32.3 Å². The van der Waals surface area contributed by atoms with Gasteiger partial charge in [0.05, 0.1) is 6.10 Å². The second-order valence-corrected chi connectivity index (χ2v) is 4.36. The van der Waals surface area contributed by atoms with E-state index in [1.54, 1.807) is 0 Å². The maximum absolute atomic E-state index is 9.97. The molecule has 0 saturated carbocycles. The first-order valence-corrected chi connectivity index (χ1v) is 5.79. The predicted octanol–water partition coefficient (Wildman–Crippen LogP) is 1.59. The Morgan fingerprint density at radius 3 is 2.87 bits per heavy atom. The van der Waals surface area contributed by atoms with E-state index in [-0.39, 0.29) is 6.10 Å². The van der Waals surface area contributed by atoms with Crippen molar-refractivity contribution in [2.24, 2.45) is 5.92 Å². The molecule has 1 aromatic carbocycles. The van der Waals surface area contributed by atoms with Crippen LogP contribution in [0.2, 0.25) is 0 Å². The highest BCUT2D eigenvalue weighted by Gasteiger charge is 2.21. The fraction of sp³-hybridized carbons (Fsp3) is 0.538. The van der Waals surface area contributed by atoms with E-state index in [1.165, 1.54) is 5.56 Å². The Bertz CT molecular complexity index is 286. The Hall–Kier alpha value is -0.860. The molecule has 2 rings (SSSR count). The highest BCUT2D eigenvalue weighted by molar-refractivity contribution is 5.15. The van der Waals surface area contributed by atoms with Crippen molar-refractivity contribution in [2.45, 2.75) is 25.4 Å². The van der Waals surface area contributed by atoms with E-state index in [9.17, 15) is 5.11 Å². The summed E-state index contributed by atoms with van der Waals surface area (Å²) in [6.07, 6.45) is 2.87. The smallest absolute Gasteiger partial charge is 0.0584 e. The van der Waals surface area contributed by atoms with E-state index < -0.39 is 0 Å². The summed E-state index contributed by atoms with van der Waals surface area (Å²) >= 11 is 0. The van der Waals surface area contributed by atoms with Crippen molar-refractivity contribution in [3.63, 3.8) is 0 Å². The van der Waals surface area contributed by atoms with Gasteiger partial charge in [0.25, 0.3) is 0 Å². The molecule has 82 valence electrons. The van der Waals surface area contributed by atoms with Crippen LogP contribution in [0.3, 0.4) is 0 Å². The summed E-state index contributed by atoms with van der Waals surface area (Å²) in [6.45, 7) is 1.98. The standard InChI is InChI=1S/C13H19NO/c15-13-7-4-8-14-10-12(13)9-11-5-2-1-3-6-11/h1-3,5-6,12-15H,4,7-10H2/t12-,13+/m0/s1. The third kappa shape index (κ3) is 3.05. The highest BCUT2D eigenvalue weighted by atomic mass is 16.3. The quantitative estimate of drug-likeness (QED) is 0.768. The molecule has 2 N–H and O–H groups in total. The fourth-order valence-electron chi connectivity index (χ4n) is 2.22. The Morgan fingerprint density at radius 2 is 2.07 bits per heavy atom. The molecule has 2 atom stereocenters. The SMILES string of the molecule is O[C@@H]1CCCNC[C@@H]1Cc1ccccc1. The normalized spacial score (nSPS) is 27.3. The lowest BCUT2D eigenvalue weighted by Crippen LogP contribution is -2.29. The highest BCUT2D eigenvalue weighted by Crippen LogP contribution is 2.17. The summed E-state index contributed by atoms with van der Waals surface area (Å²) in [5.41, 5.74) is 1.32. The lowest BCUT2D eigenvalue weighted by atomic mass is 9.92. The molecule has 1 aromatic rings. The Balaban J connectivity index is 1.97. The van der Waals surface area contributed by atoms with Crippen LogP contribution in [-0.4, -0.2) is 24.3 Å². The number of benzene rings is 1. The van der Waals surface area contributed by atoms with Crippen LogP contribution < -0.4 is 5.32 Å². The number of hydrogen-bond acceptors (Lipinski definition) is 2. The molecular formula is C13H19NO. The van der Waals surface area contributed by atoms with Gasteiger partial charge in [-0.05, 0) is 31.4 Å². The van der Waals surface area contributed by atoms with Crippen LogP contribution in [0, 0.1) is 5.92 Å². The maximum Gasteiger partial charge on any atom is 0.0584 e. The minimum Gasteiger partial charge on any atom is -0.393 e. The average molecular weight is 205 g/mol. The van der Waals surface area contributed by atoms with E-state index >= 15 is 0 Å². The summed E-state index contributed by atoms with van der Waals surface area (Å²) in [5.74, 6) is 0.370. The predicted molar refractivity (Wildman–Crippen MR) is 61.7 cm³/mol. The molecule has 1 heterocycles. The summed E-state index contributed by atoms with van der Waals surface area (Å²) in [4.78, 5) is 0. The summed E-state index contributed by atoms with van der Waals surface area (Å²) in [7, 11) is 0. The number of hydrogen-bond donors (Lipinski definition) is 2. The first-order valence-electron chi connectivity index (χ1n) is 5.79. The zero-order chi connectivity index (χ0) is 10.5. The van der Waals surface area contributed by atoms with Crippen molar-refractivity contribution in [3.8, 4) is 0 Å². The van der Waals surface area contributed by atoms with Gasteiger partial charge in [-0.2, -0.15) is 0 Å². The van der Waals surface area contributed by atoms with Crippen molar-refractivity contribution >= 4 is 0 Å². The van der Waals surface area contributed by atoms with Gasteiger partial charge in [0, 0.05) is 12.5 Å². The van der Waals surface area contributed by atoms with E-state index in [0.29, 0.717) is 5.92 Å². The third-order valence-electron chi connectivity index (χ3n) is 3.14. The zero-order valence-electron chi connectivity index (χ0n) is 9.02. The van der Waals surface area contributed by atoms with Crippen LogP contribution >= 0.6 is 0 Å². The zero-order valence-corrected chi connectivity index (χ0v) is 9.02. The number of nitrogens with one attached hydrogen (secondary N) is 1. The van der Waals surface area contributed by atoms with Crippen LogP contribution in [-0.2, 0) is 6.42 Å². The van der Waals surface area contributed by atoms with Crippen LogP contribution in [0.15, 0.2) is 30.3 Å². The molecular weight excluding hydrogens is 186 g/mol. The number of aliphatic hydroxyl groups excluding tert-OH is 1. The van der Waals surface area contributed by atoms with Gasteiger partial charge in [-0.1, -0.05) is 30.3 Å². The monoisotopic (exact) mass is 205 g/mol. The van der Waals surface area contributed by atoms with E-state index in [2.05, 4.69) is 29.6 Å². The first-order chi connectivity index (χ1) is 7.36. The molecule has 1 saturated heterocycles. The second-order valence-electron chi connectivity index (χ2n) is 4.36. The minimum atomic E-state index is -0.139. The van der Waals surface area contributed by atoms with Crippen LogP contribution in [0.25, 0.3) is 0 Å². The largest absolute Gasteiger partial charge is 0.393 e. The Morgan fingerprint density at radius 1 is 1.27 bits per heavy atom. The lowest BCUT2D eigenvalue weighted by Gasteiger charge is -2.20. The molecule has 0 radical (unpaired) electrons. The first kappa shape index (κ1) is 10.7. The average Bonchev–Trinajstić information content (AvgIpc) is 2.46. The fourth-order valence-corrected chi connectivity index (χ4v) is 2.22. The molecule has 0 bridgehead atoms. The van der Waals surface area contributed by atoms with Crippen LogP contribution in [0.5, 0.6) is 0 Å². The van der Waals surface area contributed by atoms with Crippen LogP contribution in [0.1, 0.15) is 18.4 Å². The molecule has 0 aliphatic carbocycles. The van der Waals surface area contributed by atoms with Gasteiger partial charge >= 0.3 is 0 Å². The van der Waals surface area contributed by atoms with Gasteiger partial charge in [-0.3, -0.25) is 0 Å². The van der Waals surface area contributed by atoms with Crippen molar-refractivity contribution in [1.82, 2.24) is 5.32 Å². The Labute approximate surface area is 91.3 Å². The third-order valence-corrected chi connectivity index (χ3v) is 3.14. The van der Waals surface area contributed by atoms with E-state index in [4.69, 9.17) is 0 Å². The molecule has 2 nitrogen and oxygen atoms in total. The van der Waals surface area contributed by atoms with Gasteiger partial charge in [0.15, 0.2) is 0 Å².